The van der Waals surface area contributed by atoms with E-state index < -0.39 is 6.10 Å². The van der Waals surface area contributed by atoms with Crippen LogP contribution < -0.4 is 0 Å². The lowest BCUT2D eigenvalue weighted by Crippen LogP contribution is -2.19. The van der Waals surface area contributed by atoms with Crippen LogP contribution in [0.5, 0.6) is 0 Å². The molecule has 0 saturated heterocycles. The van der Waals surface area contributed by atoms with Crippen LogP contribution in [0.15, 0.2) is 43.0 Å². The molecule has 0 aliphatic rings. The van der Waals surface area contributed by atoms with Crippen molar-refractivity contribution in [3.63, 3.8) is 0 Å². The van der Waals surface area contributed by atoms with Gasteiger partial charge >= 0.3 is 5.97 Å². The van der Waals surface area contributed by atoms with Crippen LogP contribution in [0.3, 0.4) is 0 Å². The van der Waals surface area contributed by atoms with Gasteiger partial charge in [-0.15, -0.1) is 0 Å². The quantitative estimate of drug-likeness (QED) is 0.546. The molecule has 0 saturated carbocycles. The van der Waals surface area contributed by atoms with Crippen molar-refractivity contribution in [2.24, 2.45) is 0 Å². The molecule has 0 heterocycles. The van der Waals surface area contributed by atoms with E-state index in [0.29, 0.717) is 6.61 Å². The first-order chi connectivity index (χ1) is 7.79. The second kappa shape index (κ2) is 6.80. The molecule has 1 aromatic carbocycles. The third kappa shape index (κ3) is 3.51. The fourth-order valence-corrected chi connectivity index (χ4v) is 1.31. The first-order valence-corrected chi connectivity index (χ1v) is 5.23. The van der Waals surface area contributed by atoms with Crippen molar-refractivity contribution >= 4 is 5.97 Å². The monoisotopic (exact) mass is 220 g/mol. The number of carbonyl (C=O) groups is 1. The van der Waals surface area contributed by atoms with E-state index in [0.717, 1.165) is 5.56 Å². The van der Waals surface area contributed by atoms with E-state index in [1.165, 1.54) is 6.08 Å². The summed E-state index contributed by atoms with van der Waals surface area (Å²) in [5, 5.41) is 0. The van der Waals surface area contributed by atoms with Gasteiger partial charge in [-0.3, -0.25) is 0 Å². The van der Waals surface area contributed by atoms with Crippen LogP contribution in [0, 0.1) is 0 Å². The number of ether oxygens (including phenoxy) is 2. The van der Waals surface area contributed by atoms with Gasteiger partial charge in [-0.1, -0.05) is 43.0 Å². The summed E-state index contributed by atoms with van der Waals surface area (Å²) in [5.41, 5.74) is 0.804. The van der Waals surface area contributed by atoms with Gasteiger partial charge in [0, 0.05) is 6.61 Å². The first kappa shape index (κ1) is 12.5. The van der Waals surface area contributed by atoms with Gasteiger partial charge in [-0.05, 0) is 12.5 Å². The van der Waals surface area contributed by atoms with Crippen LogP contribution in [-0.4, -0.2) is 19.2 Å². The zero-order valence-corrected chi connectivity index (χ0v) is 9.39. The van der Waals surface area contributed by atoms with E-state index in [4.69, 9.17) is 9.47 Å². The second-order valence-electron chi connectivity index (χ2n) is 3.16. The van der Waals surface area contributed by atoms with E-state index in [-0.39, 0.29) is 12.6 Å². The molecule has 0 aliphatic carbocycles. The summed E-state index contributed by atoms with van der Waals surface area (Å²) >= 11 is 0. The minimum atomic E-state index is -0.647. The number of rotatable bonds is 6. The largest absolute Gasteiger partial charge is 0.459 e. The fourth-order valence-electron chi connectivity index (χ4n) is 1.31. The van der Waals surface area contributed by atoms with Gasteiger partial charge < -0.3 is 9.47 Å². The molecule has 0 amide bonds. The van der Waals surface area contributed by atoms with Crippen LogP contribution in [0.2, 0.25) is 0 Å². The second-order valence-corrected chi connectivity index (χ2v) is 3.16. The molecule has 86 valence electrons. The molecular formula is C13H16O3. The van der Waals surface area contributed by atoms with Crippen molar-refractivity contribution in [3.8, 4) is 0 Å². The van der Waals surface area contributed by atoms with Crippen molar-refractivity contribution in [3.05, 3.63) is 48.6 Å². The van der Waals surface area contributed by atoms with Crippen LogP contribution in [0.1, 0.15) is 18.6 Å². The summed E-state index contributed by atoms with van der Waals surface area (Å²) < 4.78 is 10.4. The van der Waals surface area contributed by atoms with Crippen LogP contribution in [0.4, 0.5) is 0 Å². The van der Waals surface area contributed by atoms with Gasteiger partial charge in [0.15, 0.2) is 6.10 Å². The SMILES string of the molecule is C=CCOC(=O)C(OCC)c1ccccc1. The van der Waals surface area contributed by atoms with E-state index >= 15 is 0 Å². The fraction of sp³-hybridized carbons (Fsp3) is 0.308. The maximum absolute atomic E-state index is 11.7. The lowest BCUT2D eigenvalue weighted by molar-refractivity contribution is -0.156. The van der Waals surface area contributed by atoms with Crippen molar-refractivity contribution in [2.75, 3.05) is 13.2 Å². The molecule has 1 aromatic rings. The summed E-state index contributed by atoms with van der Waals surface area (Å²) in [7, 11) is 0. The summed E-state index contributed by atoms with van der Waals surface area (Å²) in [4.78, 5) is 11.7. The summed E-state index contributed by atoms with van der Waals surface area (Å²) in [5.74, 6) is -0.382. The van der Waals surface area contributed by atoms with Crippen LogP contribution >= 0.6 is 0 Å². The van der Waals surface area contributed by atoms with Gasteiger partial charge in [0.05, 0.1) is 0 Å². The molecule has 3 heteroatoms. The highest BCUT2D eigenvalue weighted by Gasteiger charge is 2.21. The van der Waals surface area contributed by atoms with Gasteiger partial charge in [0.2, 0.25) is 0 Å². The predicted molar refractivity (Wildman–Crippen MR) is 62.0 cm³/mol. The molecule has 0 radical (unpaired) electrons. The van der Waals surface area contributed by atoms with Crippen molar-refractivity contribution in [2.45, 2.75) is 13.0 Å². The molecule has 0 bridgehead atoms. The molecule has 0 fully saturated rings. The zero-order valence-electron chi connectivity index (χ0n) is 9.39. The maximum atomic E-state index is 11.7. The number of carbonyl (C=O) groups excluding carboxylic acids is 1. The van der Waals surface area contributed by atoms with Gasteiger partial charge in [0.25, 0.3) is 0 Å². The average molecular weight is 220 g/mol. The number of hydrogen-bond acceptors (Lipinski definition) is 3. The van der Waals surface area contributed by atoms with E-state index in [1.807, 2.05) is 37.3 Å². The minimum Gasteiger partial charge on any atom is -0.459 e. The van der Waals surface area contributed by atoms with Crippen molar-refractivity contribution < 1.29 is 14.3 Å². The Balaban J connectivity index is 2.74. The Morgan fingerprint density at radius 2 is 2.12 bits per heavy atom. The average Bonchev–Trinajstić information content (AvgIpc) is 2.34. The molecule has 16 heavy (non-hydrogen) atoms. The van der Waals surface area contributed by atoms with Crippen molar-refractivity contribution in [1.82, 2.24) is 0 Å². The first-order valence-electron chi connectivity index (χ1n) is 5.23. The standard InChI is InChI=1S/C13H16O3/c1-3-10-16-13(14)12(15-4-2)11-8-6-5-7-9-11/h3,5-9,12H,1,4,10H2,2H3. The molecule has 3 nitrogen and oxygen atoms in total. The molecule has 1 unspecified atom stereocenters. The van der Waals surface area contributed by atoms with E-state index in [2.05, 4.69) is 6.58 Å². The minimum absolute atomic E-state index is 0.204. The molecular weight excluding hydrogens is 204 g/mol. The zero-order chi connectivity index (χ0) is 11.8. The normalized spacial score (nSPS) is 11.8. The lowest BCUT2D eigenvalue weighted by Gasteiger charge is -2.15. The Kier molecular flexibility index (Phi) is 5.29. The van der Waals surface area contributed by atoms with E-state index in [9.17, 15) is 4.79 Å². The number of hydrogen-bond donors (Lipinski definition) is 0. The Hall–Kier alpha value is -1.61. The van der Waals surface area contributed by atoms with Gasteiger partial charge in [-0.25, -0.2) is 4.79 Å². The summed E-state index contributed by atoms with van der Waals surface area (Å²) in [6.07, 6.45) is 0.887. The predicted octanol–water partition coefficient (Wildman–Crippen LogP) is 2.49. The number of benzene rings is 1. The molecule has 0 spiro atoms. The van der Waals surface area contributed by atoms with Gasteiger partial charge in [0.1, 0.15) is 6.61 Å². The Morgan fingerprint density at radius 3 is 2.69 bits per heavy atom. The molecule has 0 aromatic heterocycles. The highest BCUT2D eigenvalue weighted by molar-refractivity contribution is 5.76. The molecule has 0 N–H and O–H groups in total. The highest BCUT2D eigenvalue weighted by atomic mass is 16.6. The molecule has 1 atom stereocenters. The molecule has 1 rings (SSSR count). The highest BCUT2D eigenvalue weighted by Crippen LogP contribution is 2.18. The number of esters is 1. The summed E-state index contributed by atoms with van der Waals surface area (Å²) in [6, 6.07) is 9.30. The van der Waals surface area contributed by atoms with Crippen molar-refractivity contribution in [1.29, 1.82) is 0 Å². The maximum Gasteiger partial charge on any atom is 0.340 e. The smallest absolute Gasteiger partial charge is 0.340 e. The third-order valence-electron chi connectivity index (χ3n) is 1.99. The van der Waals surface area contributed by atoms with Gasteiger partial charge in [-0.2, -0.15) is 0 Å². The Bertz CT molecular complexity index is 332. The summed E-state index contributed by atoms with van der Waals surface area (Å²) in [6.45, 7) is 6.00. The lowest BCUT2D eigenvalue weighted by atomic mass is 10.1. The Labute approximate surface area is 95.7 Å². The topological polar surface area (TPSA) is 35.5 Å². The molecule has 0 aliphatic heterocycles. The Morgan fingerprint density at radius 1 is 1.44 bits per heavy atom. The third-order valence-corrected chi connectivity index (χ3v) is 1.99. The van der Waals surface area contributed by atoms with Crippen LogP contribution in [0.25, 0.3) is 0 Å². The van der Waals surface area contributed by atoms with E-state index in [1.54, 1.807) is 0 Å². The van der Waals surface area contributed by atoms with Crippen LogP contribution in [-0.2, 0) is 14.3 Å².